The van der Waals surface area contributed by atoms with Crippen molar-refractivity contribution in [3.8, 4) is 0 Å². The summed E-state index contributed by atoms with van der Waals surface area (Å²) >= 11 is 2.02. The molecule has 3 heterocycles. The second-order valence-electron chi connectivity index (χ2n) is 6.16. The molecule has 16 nitrogen and oxygen atoms in total. The molecule has 2 aromatic heterocycles. The van der Waals surface area contributed by atoms with Crippen LogP contribution in [0.15, 0.2) is 12.5 Å². The van der Waals surface area contributed by atoms with Gasteiger partial charge in [-0.05, 0) is 22.6 Å². The van der Waals surface area contributed by atoms with Crippen LogP contribution in [0, 0.1) is 3.57 Å². The van der Waals surface area contributed by atoms with Crippen molar-refractivity contribution in [2.45, 2.75) is 24.9 Å². The number of nitrogens with zero attached hydrogens (tertiary/aromatic N) is 3. The summed E-state index contributed by atoms with van der Waals surface area (Å²) in [6, 6.07) is 0. The Balaban J connectivity index is 1.67. The summed E-state index contributed by atoms with van der Waals surface area (Å²) in [7, 11) is -16.5. The van der Waals surface area contributed by atoms with E-state index >= 15 is 0 Å². The van der Waals surface area contributed by atoms with Crippen LogP contribution in [0.25, 0.3) is 11.0 Å². The summed E-state index contributed by atoms with van der Waals surface area (Å²) in [5, 5.41) is 10.8. The maximum atomic E-state index is 11.8. The minimum absolute atomic E-state index is 0.0359. The van der Waals surface area contributed by atoms with Gasteiger partial charge in [-0.2, -0.15) is 8.62 Å². The predicted octanol–water partition coefficient (Wildman–Crippen LogP) is 0.610. The van der Waals surface area contributed by atoms with Crippen LogP contribution in [0.2, 0.25) is 0 Å². The number of fused-ring (bicyclic) bond motifs is 1. The van der Waals surface area contributed by atoms with E-state index in [0.29, 0.717) is 11.0 Å². The van der Waals surface area contributed by atoms with Crippen molar-refractivity contribution >= 4 is 62.9 Å². The highest BCUT2D eigenvalue weighted by Crippen LogP contribution is 2.66. The van der Waals surface area contributed by atoms with E-state index in [9.17, 15) is 23.7 Å². The summed E-state index contributed by atoms with van der Waals surface area (Å²) in [6.45, 7) is -0.769. The molecule has 0 aromatic carbocycles. The highest BCUT2D eigenvalue weighted by molar-refractivity contribution is 14.1. The summed E-state index contributed by atoms with van der Waals surface area (Å²) in [5.41, 5.74) is 6.29. The van der Waals surface area contributed by atoms with E-state index in [0.717, 1.165) is 3.57 Å². The second kappa shape index (κ2) is 9.02. The second-order valence-corrected chi connectivity index (χ2v) is 11.7. The van der Waals surface area contributed by atoms with Crippen LogP contribution in [0.3, 0.4) is 0 Å². The predicted molar refractivity (Wildman–Crippen MR) is 109 cm³/mol. The van der Waals surface area contributed by atoms with Gasteiger partial charge in [-0.1, -0.05) is 0 Å². The van der Waals surface area contributed by atoms with Crippen LogP contribution in [-0.4, -0.2) is 58.0 Å². The van der Waals surface area contributed by atoms with E-state index in [1.54, 1.807) is 10.8 Å². The lowest BCUT2D eigenvalue weighted by Gasteiger charge is -2.19. The minimum Gasteiger partial charge on any atom is -0.390 e. The number of halogens is 1. The molecule has 1 saturated heterocycles. The van der Waals surface area contributed by atoms with Gasteiger partial charge in [0.1, 0.15) is 30.1 Å². The number of anilines is 1. The molecule has 0 bridgehead atoms. The molecule has 7 N–H and O–H groups in total. The molecule has 0 aliphatic carbocycles. The number of nitrogen functional groups attached to an aromatic ring is 1. The quantitative estimate of drug-likeness (QED) is 0.176. The van der Waals surface area contributed by atoms with Gasteiger partial charge in [0.05, 0.1) is 18.1 Å². The van der Waals surface area contributed by atoms with Gasteiger partial charge in [0.25, 0.3) is 0 Å². The van der Waals surface area contributed by atoms with Crippen LogP contribution in [0.4, 0.5) is 5.82 Å². The van der Waals surface area contributed by atoms with Crippen LogP contribution in [0.5, 0.6) is 0 Å². The Labute approximate surface area is 186 Å². The number of rotatable bonds is 8. The standard InChI is InChI=1S/C11H16IN4O12P3/c12-5-2-16(11-9(5)10(13)14-4-15-11)8-1-6(17)7(26-8)3-25-30(21,22)28-31(23,24)27-29(18,19)20/h2,4,6-8,17H,1,3H2,(H,21,22)(H,23,24)(H2,13,14,15)(H2,18,19,20). The molecule has 1 aliphatic rings. The van der Waals surface area contributed by atoms with Gasteiger partial charge in [-0.15, -0.1) is 0 Å². The number of hydrogen-bond acceptors (Lipinski definition) is 11. The minimum atomic E-state index is -5.64. The smallest absolute Gasteiger partial charge is 0.390 e. The molecule has 1 fully saturated rings. The van der Waals surface area contributed by atoms with Crippen molar-refractivity contribution < 1.29 is 56.3 Å². The van der Waals surface area contributed by atoms with Crippen molar-refractivity contribution in [3.05, 3.63) is 16.1 Å². The highest BCUT2D eigenvalue weighted by atomic mass is 127. The Morgan fingerprint density at radius 3 is 2.52 bits per heavy atom. The monoisotopic (exact) mass is 616 g/mol. The molecule has 2 aromatic rings. The number of ether oxygens (including phenoxy) is 1. The number of nitrogens with two attached hydrogens (primary N) is 1. The first-order chi connectivity index (χ1) is 14.2. The number of aliphatic hydroxyl groups excluding tert-OH is 1. The fourth-order valence-electron chi connectivity index (χ4n) is 2.79. The van der Waals surface area contributed by atoms with E-state index in [4.69, 9.17) is 25.2 Å². The normalized spacial score (nSPS) is 26.1. The molecule has 1 aliphatic heterocycles. The van der Waals surface area contributed by atoms with E-state index in [1.807, 2.05) is 22.6 Å². The SMILES string of the molecule is Nc1ncnc2c1c(I)cn2C1CC(O)C(COP(=O)(O)OP(=O)(O)OP(=O)(O)O)O1. The van der Waals surface area contributed by atoms with Crippen molar-refractivity contribution in [1.82, 2.24) is 14.5 Å². The first kappa shape index (κ1) is 25.1. The number of phosphoric ester groups is 1. The molecule has 31 heavy (non-hydrogen) atoms. The Kier molecular flexibility index (Phi) is 7.31. The zero-order valence-corrected chi connectivity index (χ0v) is 19.9. The van der Waals surface area contributed by atoms with Gasteiger partial charge in [0.2, 0.25) is 0 Å². The number of hydrogen-bond donors (Lipinski definition) is 6. The summed E-state index contributed by atoms with van der Waals surface area (Å²) in [4.78, 5) is 43.7. The molecule has 0 radical (unpaired) electrons. The topological polar surface area (TPSA) is 246 Å². The van der Waals surface area contributed by atoms with Gasteiger partial charge in [0, 0.05) is 16.2 Å². The molecular formula is C11H16IN4O12P3. The van der Waals surface area contributed by atoms with Gasteiger partial charge < -0.3 is 39.7 Å². The van der Waals surface area contributed by atoms with Crippen molar-refractivity contribution in [1.29, 1.82) is 0 Å². The average molecular weight is 616 g/mol. The first-order valence-electron chi connectivity index (χ1n) is 8.06. The van der Waals surface area contributed by atoms with Crippen LogP contribution in [-0.2, 0) is 31.6 Å². The van der Waals surface area contributed by atoms with Gasteiger partial charge in [-0.25, -0.2) is 23.7 Å². The van der Waals surface area contributed by atoms with Crippen molar-refractivity contribution in [3.63, 3.8) is 0 Å². The first-order valence-corrected chi connectivity index (χ1v) is 13.7. The number of phosphoric acid groups is 3. The van der Waals surface area contributed by atoms with Crippen molar-refractivity contribution in [2.75, 3.05) is 12.3 Å². The van der Waals surface area contributed by atoms with E-state index in [1.165, 1.54) is 6.33 Å². The summed E-state index contributed by atoms with van der Waals surface area (Å²) in [6.07, 6.45) is -0.143. The van der Waals surface area contributed by atoms with E-state index in [-0.39, 0.29) is 12.2 Å². The van der Waals surface area contributed by atoms with E-state index in [2.05, 4.69) is 23.1 Å². The Hall–Kier alpha value is -0.520. The Morgan fingerprint density at radius 2 is 1.87 bits per heavy atom. The van der Waals surface area contributed by atoms with Crippen molar-refractivity contribution in [2.24, 2.45) is 0 Å². The Bertz CT molecular complexity index is 1120. The van der Waals surface area contributed by atoms with Gasteiger partial charge in [0.15, 0.2) is 0 Å². The van der Waals surface area contributed by atoms with Crippen LogP contribution < -0.4 is 5.73 Å². The lowest BCUT2D eigenvalue weighted by molar-refractivity contribution is -0.0422. The lowest BCUT2D eigenvalue weighted by Crippen LogP contribution is -2.26. The van der Waals surface area contributed by atoms with Gasteiger partial charge >= 0.3 is 23.5 Å². The molecule has 5 atom stereocenters. The third-order valence-corrected chi connectivity index (χ3v) is 8.55. The fourth-order valence-corrected chi connectivity index (χ4v) is 6.64. The molecule has 174 valence electrons. The molecule has 5 unspecified atom stereocenters. The summed E-state index contributed by atoms with van der Waals surface area (Å²) in [5.74, 6) is 0.246. The molecule has 0 amide bonds. The van der Waals surface area contributed by atoms with Crippen LogP contribution in [0.1, 0.15) is 12.6 Å². The fraction of sp³-hybridized carbons (Fsp3) is 0.455. The Morgan fingerprint density at radius 1 is 1.19 bits per heavy atom. The lowest BCUT2D eigenvalue weighted by atomic mass is 10.2. The molecule has 0 spiro atoms. The third kappa shape index (κ3) is 6.29. The molecular weight excluding hydrogens is 600 g/mol. The van der Waals surface area contributed by atoms with E-state index < -0.39 is 48.5 Å². The highest BCUT2D eigenvalue weighted by Gasteiger charge is 2.43. The van der Waals surface area contributed by atoms with Gasteiger partial charge in [-0.3, -0.25) is 4.52 Å². The zero-order valence-electron chi connectivity index (χ0n) is 15.0. The molecule has 0 saturated carbocycles. The number of aromatic nitrogens is 3. The molecule has 3 rings (SSSR count). The maximum absolute atomic E-state index is 11.8. The molecule has 20 heteroatoms. The maximum Gasteiger partial charge on any atom is 0.490 e. The average Bonchev–Trinajstić information content (AvgIpc) is 3.11. The number of aliphatic hydroxyl groups is 1. The summed E-state index contributed by atoms with van der Waals surface area (Å²) < 4.78 is 53.5. The largest absolute Gasteiger partial charge is 0.490 e. The van der Waals surface area contributed by atoms with Crippen LogP contribution >= 0.6 is 46.1 Å². The third-order valence-electron chi connectivity index (χ3n) is 3.92. The zero-order chi connectivity index (χ0) is 23.2.